The molecule has 0 nitrogen and oxygen atoms in total. The van der Waals surface area contributed by atoms with Gasteiger partial charge in [-0.05, 0) is 179 Å². The van der Waals surface area contributed by atoms with Crippen LogP contribution in [0.3, 0.4) is 0 Å². The van der Waals surface area contributed by atoms with Crippen LogP contribution in [0.1, 0.15) is 33.4 Å². The highest BCUT2D eigenvalue weighted by Crippen LogP contribution is 2.62. The second kappa shape index (κ2) is 24.8. The van der Waals surface area contributed by atoms with Gasteiger partial charge < -0.3 is 0 Å². The first-order valence-electron chi connectivity index (χ1n) is 28.2. The molecule has 0 saturated heterocycles. The van der Waals surface area contributed by atoms with E-state index < -0.39 is 70.4 Å². The van der Waals surface area contributed by atoms with Gasteiger partial charge in [0, 0.05) is 91.9 Å². The number of hydrogen-bond donors (Lipinski definition) is 0. The number of hydrogen-bond acceptors (Lipinski definition) is 6. The maximum absolute atomic E-state index is 14.1. The third kappa shape index (κ3) is 13.4. The number of benzene rings is 7. The van der Waals surface area contributed by atoms with E-state index in [4.69, 9.17) is 0 Å². The van der Waals surface area contributed by atoms with Crippen LogP contribution in [-0.4, -0.2) is 0 Å². The molecule has 486 valence electrons. The lowest BCUT2D eigenvalue weighted by Gasteiger charge is -2.25. The van der Waals surface area contributed by atoms with E-state index >= 15 is 0 Å². The van der Waals surface area contributed by atoms with Crippen LogP contribution >= 0.6 is 68.0 Å². The largest absolute Gasteiger partial charge is 0.416 e. The summed E-state index contributed by atoms with van der Waals surface area (Å²) in [6.07, 6.45) is -28.2. The third-order valence-corrected chi connectivity index (χ3v) is 22.5. The van der Waals surface area contributed by atoms with E-state index in [-0.39, 0.29) is 0 Å². The number of alkyl halides is 18. The Bertz CT molecular complexity index is 4130. The molecule has 0 N–H and O–H groups in total. The minimum absolute atomic E-state index is 0.370. The smallest absolute Gasteiger partial charge is 0.166 e. The van der Waals surface area contributed by atoms with Crippen LogP contribution in [-0.2, 0) is 37.1 Å². The van der Waals surface area contributed by atoms with Gasteiger partial charge in [0.2, 0.25) is 0 Å². The maximum atomic E-state index is 14.1. The summed E-state index contributed by atoms with van der Waals surface area (Å²) in [5, 5.41) is 0. The molecule has 6 aromatic heterocycles. The Morgan fingerprint density at radius 2 is 0.240 bits per heavy atom. The van der Waals surface area contributed by atoms with Gasteiger partial charge in [0.25, 0.3) is 0 Å². The monoisotopic (exact) mass is 1430 g/mol. The lowest BCUT2D eigenvalue weighted by Crippen LogP contribution is -2.03. The molecule has 96 heavy (non-hydrogen) atoms. The van der Waals surface area contributed by atoms with E-state index in [0.29, 0.717) is 125 Å². The minimum Gasteiger partial charge on any atom is -0.166 e. The second-order valence-corrected chi connectivity index (χ2v) is 28.2. The average Bonchev–Trinajstić information content (AvgIpc) is 1.40. The highest BCUT2D eigenvalue weighted by atomic mass is 32.1. The van der Waals surface area contributed by atoms with Crippen molar-refractivity contribution in [2.45, 2.75) is 37.1 Å². The van der Waals surface area contributed by atoms with Crippen LogP contribution in [0, 0.1) is 0 Å². The van der Waals surface area contributed by atoms with Gasteiger partial charge in [-0.1, -0.05) is 72.8 Å². The molecule has 13 aromatic rings. The molecule has 13 rings (SSSR count). The Kier molecular flexibility index (Phi) is 17.1. The van der Waals surface area contributed by atoms with E-state index in [0.717, 1.165) is 72.8 Å². The van der Waals surface area contributed by atoms with Gasteiger partial charge in [0.05, 0.1) is 33.4 Å². The van der Waals surface area contributed by atoms with Crippen LogP contribution < -0.4 is 0 Å². The second-order valence-electron chi connectivity index (χ2n) is 21.7. The molecule has 0 bridgehead atoms. The summed E-state index contributed by atoms with van der Waals surface area (Å²) >= 11 is 7.01. The molecule has 6 heterocycles. The maximum Gasteiger partial charge on any atom is 0.416 e. The zero-order valence-electron chi connectivity index (χ0n) is 48.0. The molecule has 0 aliphatic rings. The predicted molar refractivity (Wildman–Crippen MR) is 349 cm³/mol. The average molecular weight is 1440 g/mol. The molecule has 24 heteroatoms. The van der Waals surface area contributed by atoms with Crippen molar-refractivity contribution in [2.75, 3.05) is 0 Å². The van der Waals surface area contributed by atoms with Crippen LogP contribution in [0.4, 0.5) is 79.0 Å². The lowest BCUT2D eigenvalue weighted by atomic mass is 9.82. The molecule has 0 atom stereocenters. The van der Waals surface area contributed by atoms with Crippen molar-refractivity contribution in [3.8, 4) is 125 Å². The third-order valence-electron chi connectivity index (χ3n) is 15.6. The number of thiophene rings is 6. The van der Waals surface area contributed by atoms with Gasteiger partial charge >= 0.3 is 37.1 Å². The molecular weight excluding hydrogens is 1400 g/mol. The zero-order chi connectivity index (χ0) is 68.0. The van der Waals surface area contributed by atoms with Crippen molar-refractivity contribution >= 4 is 68.0 Å². The van der Waals surface area contributed by atoms with Crippen molar-refractivity contribution in [3.63, 3.8) is 0 Å². The first-order valence-corrected chi connectivity index (χ1v) is 33.1. The Morgan fingerprint density at radius 1 is 0.135 bits per heavy atom. The van der Waals surface area contributed by atoms with Crippen LogP contribution in [0.5, 0.6) is 0 Å². The Morgan fingerprint density at radius 3 is 0.344 bits per heavy atom. The standard InChI is InChI=1S/C72H36F18S6/c73-67(74,75)43-13-1-37(2-14-43)49-25-31-55(91-49)61-62(56-32-26-50(92-56)38-3-15-44(16-4-38)68(76,77)78)64(58-34-28-52(94-58)40-7-19-46(20-8-40)70(82,83)84)66(60-36-30-54(96-60)42-11-23-48(24-12-42)72(88,89)90)65(59-35-29-53(95-59)41-9-21-47(22-10-41)71(85,86)87)63(61)57-33-27-51(93-57)39-5-17-45(18-6-39)69(79,80)81/h1-36H. The minimum atomic E-state index is -4.69. The summed E-state index contributed by atoms with van der Waals surface area (Å²) in [6, 6.07) is 47.5. The summed E-state index contributed by atoms with van der Waals surface area (Å²) in [5.74, 6) is 0. The van der Waals surface area contributed by atoms with E-state index in [2.05, 4.69) is 0 Å². The Hall–Kier alpha value is -8.52. The normalized spacial score (nSPS) is 12.7. The molecule has 0 aliphatic heterocycles. The lowest BCUT2D eigenvalue weighted by molar-refractivity contribution is -0.138. The molecular formula is C72H36F18S6. The molecule has 0 amide bonds. The Labute approximate surface area is 557 Å². The van der Waals surface area contributed by atoms with Gasteiger partial charge in [-0.25, -0.2) is 0 Å². The summed E-state index contributed by atoms with van der Waals surface area (Å²) < 4.78 is 253. The molecule has 0 unspecified atom stereocenters. The van der Waals surface area contributed by atoms with Crippen LogP contribution in [0.15, 0.2) is 218 Å². The first kappa shape index (κ1) is 66.1. The quantitative estimate of drug-likeness (QED) is 0.107. The van der Waals surface area contributed by atoms with Crippen molar-refractivity contribution in [2.24, 2.45) is 0 Å². The fourth-order valence-corrected chi connectivity index (χ4v) is 17.3. The number of rotatable bonds is 12. The first-order chi connectivity index (χ1) is 45.3. The van der Waals surface area contributed by atoms with Crippen molar-refractivity contribution in [1.29, 1.82) is 0 Å². The summed E-state index contributed by atoms with van der Waals surface area (Å²) in [4.78, 5) is 5.61. The zero-order valence-corrected chi connectivity index (χ0v) is 52.9. The summed E-state index contributed by atoms with van der Waals surface area (Å²) in [7, 11) is 0. The van der Waals surface area contributed by atoms with Gasteiger partial charge in [-0.2, -0.15) is 79.0 Å². The SMILES string of the molecule is FC(F)(F)c1ccc(-c2ccc(-c3c(-c4ccc(-c5ccc(C(F)(F)F)cc5)s4)c(-c4ccc(-c5ccc(C(F)(F)F)cc5)s4)c(-c4ccc(-c5ccc(C(F)(F)F)cc5)s4)c(-c4ccc(-c5ccc(C(F)(F)F)cc5)s4)c3-c3ccc(-c4ccc(C(F)(F)F)cc4)s3)s2)cc1. The topological polar surface area (TPSA) is 0 Å². The van der Waals surface area contributed by atoms with Crippen molar-refractivity contribution < 1.29 is 79.0 Å². The molecule has 0 spiro atoms. The Balaban J connectivity index is 1.18. The summed E-state index contributed by atoms with van der Waals surface area (Å²) in [6.45, 7) is 0. The highest BCUT2D eigenvalue weighted by Gasteiger charge is 2.38. The van der Waals surface area contributed by atoms with Gasteiger partial charge in [0.15, 0.2) is 0 Å². The molecule has 0 saturated carbocycles. The molecule has 7 aromatic carbocycles. The van der Waals surface area contributed by atoms with Gasteiger partial charge in [-0.15, -0.1) is 68.0 Å². The highest BCUT2D eigenvalue weighted by molar-refractivity contribution is 7.22. The van der Waals surface area contributed by atoms with Gasteiger partial charge in [-0.3, -0.25) is 0 Å². The van der Waals surface area contributed by atoms with Gasteiger partial charge in [0.1, 0.15) is 0 Å². The van der Waals surface area contributed by atoms with E-state index in [1.165, 1.54) is 141 Å². The van der Waals surface area contributed by atoms with E-state index in [1.807, 2.05) is 0 Å². The molecule has 0 fully saturated rings. The fourth-order valence-electron chi connectivity index (χ4n) is 10.9. The van der Waals surface area contributed by atoms with E-state index in [9.17, 15) is 79.0 Å². The fraction of sp³-hybridized carbons (Fsp3) is 0.0833. The summed E-state index contributed by atoms with van der Waals surface area (Å²) in [5.41, 5.74) is -0.722. The van der Waals surface area contributed by atoms with Crippen molar-refractivity contribution in [3.05, 3.63) is 252 Å². The number of halogens is 18. The van der Waals surface area contributed by atoms with Crippen LogP contribution in [0.25, 0.3) is 125 Å². The predicted octanol–water partition coefficient (Wildman–Crippen LogP) is 28.2. The molecule has 0 aliphatic carbocycles. The van der Waals surface area contributed by atoms with Crippen LogP contribution in [0.2, 0.25) is 0 Å². The van der Waals surface area contributed by atoms with Crippen molar-refractivity contribution in [1.82, 2.24) is 0 Å². The molecule has 0 radical (unpaired) electrons. The van der Waals surface area contributed by atoms with E-state index in [1.54, 1.807) is 72.8 Å².